The maximum atomic E-state index is 14.6. The zero-order chi connectivity index (χ0) is 58.5. The quantitative estimate of drug-likeness (QED) is 0.0540. The highest BCUT2D eigenvalue weighted by Gasteiger charge is 2.52. The summed E-state index contributed by atoms with van der Waals surface area (Å²) in [7, 11) is 0. The molecule has 0 aliphatic carbocycles. The van der Waals surface area contributed by atoms with Crippen LogP contribution in [0.15, 0.2) is 54.6 Å². The van der Waals surface area contributed by atoms with Crippen molar-refractivity contribution in [2.24, 2.45) is 0 Å². The van der Waals surface area contributed by atoms with Crippen LogP contribution in [0, 0.1) is 0 Å². The second-order valence-corrected chi connectivity index (χ2v) is 20.9. The third-order valence-electron chi connectivity index (χ3n) is 10.3. The van der Waals surface area contributed by atoms with Crippen molar-refractivity contribution in [2.75, 3.05) is 33.0 Å². The maximum Gasteiger partial charge on any atom is 0.408 e. The van der Waals surface area contributed by atoms with E-state index in [1.807, 2.05) is 6.07 Å². The second-order valence-electron chi connectivity index (χ2n) is 20.9. The molecule has 0 bridgehead atoms. The van der Waals surface area contributed by atoms with E-state index >= 15 is 0 Å². The second kappa shape index (κ2) is 30.1. The van der Waals surface area contributed by atoms with Gasteiger partial charge in [-0.15, -0.1) is 0 Å². The highest BCUT2D eigenvalue weighted by Crippen LogP contribution is 2.28. The average Bonchev–Trinajstić information content (AvgIpc) is 3.32. The van der Waals surface area contributed by atoms with Gasteiger partial charge in [0.2, 0.25) is 23.6 Å². The minimum Gasteiger partial charge on any atom is -0.463 e. The molecule has 1 fully saturated rings. The van der Waals surface area contributed by atoms with Gasteiger partial charge in [0.15, 0.2) is 18.5 Å². The van der Waals surface area contributed by atoms with Crippen LogP contribution in [-0.4, -0.2) is 158 Å². The molecule has 0 saturated carbocycles. The Morgan fingerprint density at radius 3 is 1.63 bits per heavy atom. The number of esters is 5. The third-order valence-corrected chi connectivity index (χ3v) is 10.3. The van der Waals surface area contributed by atoms with E-state index < -0.39 is 158 Å². The number of nitrogens with one attached hydrogen (secondary N) is 5. The first-order valence-corrected chi connectivity index (χ1v) is 24.9. The van der Waals surface area contributed by atoms with Crippen LogP contribution in [0.4, 0.5) is 4.79 Å². The molecule has 2 aromatic carbocycles. The molecule has 5 amide bonds. The van der Waals surface area contributed by atoms with Crippen LogP contribution in [0.3, 0.4) is 0 Å². The van der Waals surface area contributed by atoms with Crippen LogP contribution in [0.2, 0.25) is 0 Å². The van der Waals surface area contributed by atoms with Gasteiger partial charge in [0, 0.05) is 27.7 Å². The fourth-order valence-corrected chi connectivity index (χ4v) is 6.96. The fraction of sp³-hybridized carbons (Fsp3) is 0.585. The van der Waals surface area contributed by atoms with Crippen LogP contribution in [0.5, 0.6) is 5.75 Å². The molecule has 432 valence electrons. The lowest BCUT2D eigenvalue weighted by molar-refractivity contribution is -0.278. The summed E-state index contributed by atoms with van der Waals surface area (Å²) in [6, 6.07) is 8.60. The van der Waals surface area contributed by atoms with E-state index in [-0.39, 0.29) is 18.8 Å². The zero-order valence-corrected chi connectivity index (χ0v) is 46.4. The first kappa shape index (κ1) is 65.1. The molecule has 0 unspecified atom stereocenters. The fourth-order valence-electron chi connectivity index (χ4n) is 6.96. The topological polar surface area (TPSA) is 323 Å². The van der Waals surface area contributed by atoms with Gasteiger partial charge in [0.05, 0.1) is 37.4 Å². The molecule has 78 heavy (non-hydrogen) atoms. The summed E-state index contributed by atoms with van der Waals surface area (Å²) in [5, 5.41) is 12.4. The number of hydrogen-bond acceptors (Lipinski definition) is 20. The number of carbonyl (C=O) groups excluding carboxylic acids is 10. The molecule has 1 aliphatic rings. The van der Waals surface area contributed by atoms with E-state index in [2.05, 4.69) is 26.6 Å². The third kappa shape index (κ3) is 25.3. The molecule has 0 spiro atoms. The minimum absolute atomic E-state index is 0.0258. The summed E-state index contributed by atoms with van der Waals surface area (Å²) in [4.78, 5) is 131. The van der Waals surface area contributed by atoms with E-state index in [0.717, 1.165) is 33.3 Å². The molecule has 3 rings (SSSR count). The first-order valence-electron chi connectivity index (χ1n) is 24.9. The van der Waals surface area contributed by atoms with Crippen molar-refractivity contribution in [3.05, 3.63) is 65.7 Å². The molecule has 25 heteroatoms. The lowest BCUT2D eigenvalue weighted by atomic mass is 9.96. The minimum atomic E-state index is -1.82. The predicted molar refractivity (Wildman–Crippen MR) is 273 cm³/mol. The Morgan fingerprint density at radius 2 is 1.12 bits per heavy atom. The standard InChI is InChI=1S/C53H75N5O20/c1-30(59)55-43-45(75-33(4)62)44(74-32(3)61)40(29-69-31(2)60)77-49(43)70-26-37(58-50(68)71-25-35-19-21-36(22-20-35)76-41(63)23-34-17-15-14-16-18-34)47(66)57-39(28-73-52(8,9)10)48(67)56-38(27-72-51(5,6)7)46(65)54-24-42(64)78-53(11,12)13/h14-22,37-40,43-45,49H,23-29H2,1-13H3,(H,54,65)(H,55,59)(H,56,67)(H,57,66)(H,58,68)/t37-,38-,39-,40+,43+,44+,45+,49+/m0/s1. The number of amides is 5. The van der Waals surface area contributed by atoms with E-state index in [1.54, 1.807) is 86.6 Å². The number of hydrogen-bond donors (Lipinski definition) is 5. The first-order chi connectivity index (χ1) is 36.3. The van der Waals surface area contributed by atoms with Crippen LogP contribution >= 0.6 is 0 Å². The number of ether oxygens (including phenoxy) is 10. The van der Waals surface area contributed by atoms with Gasteiger partial charge < -0.3 is 74.0 Å². The summed E-state index contributed by atoms with van der Waals surface area (Å²) in [5.74, 6) is -7.22. The SMILES string of the molecule is CC(=O)N[C@H]1[C@H](OC[C@H](NC(=O)OCc2ccc(OC(=O)Cc3ccccc3)cc2)C(=O)N[C@@H](COC(C)(C)C)C(=O)N[C@@H](COC(C)(C)C)C(=O)NCC(=O)OC(C)(C)C)O[C@H](COC(C)=O)[C@@H](OC(C)=O)[C@@H]1OC(C)=O. The highest BCUT2D eigenvalue weighted by molar-refractivity contribution is 5.94. The normalized spacial score (nSPS) is 18.5. The van der Waals surface area contributed by atoms with Gasteiger partial charge in [-0.3, -0.25) is 43.2 Å². The van der Waals surface area contributed by atoms with E-state index in [0.29, 0.717) is 5.56 Å². The van der Waals surface area contributed by atoms with Crippen LogP contribution in [-0.2, 0) is 98.8 Å². The van der Waals surface area contributed by atoms with E-state index in [1.165, 1.54) is 24.3 Å². The molecule has 0 radical (unpaired) electrons. The Kier molecular flexibility index (Phi) is 25.1. The van der Waals surface area contributed by atoms with Crippen molar-refractivity contribution in [1.29, 1.82) is 0 Å². The summed E-state index contributed by atoms with van der Waals surface area (Å²) < 4.78 is 56.3. The summed E-state index contributed by atoms with van der Waals surface area (Å²) in [5.41, 5.74) is -1.41. The Balaban J connectivity index is 2.01. The number of rotatable bonds is 25. The molecule has 25 nitrogen and oxygen atoms in total. The van der Waals surface area contributed by atoms with Gasteiger partial charge in [-0.25, -0.2) is 4.79 Å². The highest BCUT2D eigenvalue weighted by atomic mass is 16.7. The van der Waals surface area contributed by atoms with Gasteiger partial charge in [0.1, 0.15) is 61.4 Å². The number of alkyl carbamates (subject to hydrolysis) is 1. The lowest BCUT2D eigenvalue weighted by Gasteiger charge is -2.45. The zero-order valence-electron chi connectivity index (χ0n) is 46.4. The average molecular weight is 1100 g/mol. The molecular weight excluding hydrogens is 1030 g/mol. The van der Waals surface area contributed by atoms with Crippen molar-refractivity contribution in [1.82, 2.24) is 26.6 Å². The van der Waals surface area contributed by atoms with Crippen molar-refractivity contribution in [3.63, 3.8) is 0 Å². The molecule has 1 heterocycles. The van der Waals surface area contributed by atoms with Crippen molar-refractivity contribution >= 4 is 59.6 Å². The smallest absolute Gasteiger partial charge is 0.408 e. The number of carbonyl (C=O) groups is 10. The van der Waals surface area contributed by atoms with Crippen molar-refractivity contribution < 1.29 is 95.3 Å². The molecular formula is C53H75N5O20. The molecule has 5 N–H and O–H groups in total. The van der Waals surface area contributed by atoms with Crippen LogP contribution in [0.1, 0.15) is 101 Å². The Morgan fingerprint density at radius 1 is 0.577 bits per heavy atom. The molecule has 0 aromatic heterocycles. The van der Waals surface area contributed by atoms with E-state index in [9.17, 15) is 47.9 Å². The molecule has 1 aliphatic heterocycles. The van der Waals surface area contributed by atoms with Gasteiger partial charge in [-0.05, 0) is 85.6 Å². The molecule has 1 saturated heterocycles. The summed E-state index contributed by atoms with van der Waals surface area (Å²) in [6.07, 6.45) is -7.36. The summed E-state index contributed by atoms with van der Waals surface area (Å²) >= 11 is 0. The van der Waals surface area contributed by atoms with Gasteiger partial charge in [-0.2, -0.15) is 0 Å². The van der Waals surface area contributed by atoms with Gasteiger partial charge >= 0.3 is 35.9 Å². The molecule has 2 aromatic rings. The van der Waals surface area contributed by atoms with Gasteiger partial charge in [-0.1, -0.05) is 42.5 Å². The summed E-state index contributed by atoms with van der Waals surface area (Å²) in [6.45, 7) is 16.1. The van der Waals surface area contributed by atoms with E-state index in [4.69, 9.17) is 47.4 Å². The van der Waals surface area contributed by atoms with Gasteiger partial charge in [0.25, 0.3) is 0 Å². The van der Waals surface area contributed by atoms with Crippen LogP contribution < -0.4 is 31.3 Å². The largest absolute Gasteiger partial charge is 0.463 e. The van der Waals surface area contributed by atoms with Crippen LogP contribution in [0.25, 0.3) is 0 Å². The Hall–Kier alpha value is -7.22. The van der Waals surface area contributed by atoms with Crippen molar-refractivity contribution in [2.45, 2.75) is 169 Å². The monoisotopic (exact) mass is 1100 g/mol. The maximum absolute atomic E-state index is 14.6. The Labute approximate surface area is 453 Å². The van der Waals surface area contributed by atoms with Crippen molar-refractivity contribution in [3.8, 4) is 5.75 Å². The predicted octanol–water partition coefficient (Wildman–Crippen LogP) is 2.16. The lowest BCUT2D eigenvalue weighted by Crippen LogP contribution is -2.67. The molecule has 8 atom stereocenters. The Bertz CT molecular complexity index is 2380. The number of benzene rings is 2.